The van der Waals surface area contributed by atoms with Gasteiger partial charge in [0.1, 0.15) is 6.33 Å². The van der Waals surface area contributed by atoms with E-state index >= 15 is 0 Å². The van der Waals surface area contributed by atoms with E-state index in [1.165, 1.54) is 11.3 Å². The fraction of sp³-hybridized carbons (Fsp3) is 0.636. The fourth-order valence-electron chi connectivity index (χ4n) is 2.65. The first-order chi connectivity index (χ1) is 5.93. The Bertz CT molecular complexity index is 307. The van der Waals surface area contributed by atoms with E-state index in [2.05, 4.69) is 37.7 Å². The predicted molar refractivity (Wildman–Crippen MR) is 52.7 cm³/mol. The van der Waals surface area contributed by atoms with E-state index in [-0.39, 0.29) is 10.8 Å². The summed E-state index contributed by atoms with van der Waals surface area (Å²) in [6, 6.07) is 0. The normalized spacial score (nSPS) is 22.8. The molecule has 1 aliphatic rings. The average Bonchev–Trinajstić information content (AvgIpc) is 2.20. The van der Waals surface area contributed by atoms with Crippen LogP contribution in [0.3, 0.4) is 0 Å². The van der Waals surface area contributed by atoms with Gasteiger partial charge in [-0.25, -0.2) is 9.97 Å². The average molecular weight is 176 g/mol. The summed E-state index contributed by atoms with van der Waals surface area (Å²) < 4.78 is 0. The molecule has 0 unspecified atom stereocenters. The van der Waals surface area contributed by atoms with Crippen molar-refractivity contribution in [2.75, 3.05) is 0 Å². The first kappa shape index (κ1) is 8.67. The van der Waals surface area contributed by atoms with E-state index in [9.17, 15) is 0 Å². The predicted octanol–water partition coefficient (Wildman–Crippen LogP) is 2.44. The molecule has 1 aromatic rings. The van der Waals surface area contributed by atoms with Crippen LogP contribution in [-0.2, 0) is 10.8 Å². The maximum atomic E-state index is 4.40. The molecule has 0 aromatic carbocycles. The zero-order chi connectivity index (χ0) is 9.69. The van der Waals surface area contributed by atoms with E-state index < -0.39 is 0 Å². The van der Waals surface area contributed by atoms with Gasteiger partial charge in [-0.15, -0.1) is 0 Å². The first-order valence-corrected chi connectivity index (χ1v) is 4.74. The van der Waals surface area contributed by atoms with Crippen molar-refractivity contribution in [1.82, 2.24) is 9.97 Å². The Kier molecular flexibility index (Phi) is 1.54. The van der Waals surface area contributed by atoms with E-state index in [0.29, 0.717) is 0 Å². The first-order valence-electron chi connectivity index (χ1n) is 4.74. The molecule has 13 heavy (non-hydrogen) atoms. The van der Waals surface area contributed by atoms with Crippen LogP contribution >= 0.6 is 0 Å². The van der Waals surface area contributed by atoms with Gasteiger partial charge in [0.15, 0.2) is 0 Å². The van der Waals surface area contributed by atoms with Crippen molar-refractivity contribution in [3.05, 3.63) is 23.8 Å². The molecule has 0 atom stereocenters. The van der Waals surface area contributed by atoms with E-state index in [4.69, 9.17) is 0 Å². The maximum Gasteiger partial charge on any atom is 0.115 e. The fourth-order valence-corrected chi connectivity index (χ4v) is 2.65. The number of aromatic nitrogens is 2. The van der Waals surface area contributed by atoms with Crippen LogP contribution in [0.15, 0.2) is 12.5 Å². The van der Waals surface area contributed by atoms with Gasteiger partial charge in [0.25, 0.3) is 0 Å². The molecule has 0 aliphatic heterocycles. The lowest BCUT2D eigenvalue weighted by atomic mass is 9.82. The molecule has 1 aliphatic carbocycles. The molecule has 0 N–H and O–H groups in total. The molecule has 0 saturated carbocycles. The maximum absolute atomic E-state index is 4.40. The Morgan fingerprint density at radius 1 is 1.15 bits per heavy atom. The summed E-state index contributed by atoms with van der Waals surface area (Å²) in [5.41, 5.74) is 2.99. The highest BCUT2D eigenvalue weighted by molar-refractivity contribution is 5.37. The van der Waals surface area contributed by atoms with Gasteiger partial charge < -0.3 is 0 Å². The minimum Gasteiger partial charge on any atom is -0.244 e. The molecule has 0 bridgehead atoms. The molecule has 2 rings (SSSR count). The van der Waals surface area contributed by atoms with Gasteiger partial charge in [-0.1, -0.05) is 27.7 Å². The van der Waals surface area contributed by atoms with Crippen LogP contribution in [0.2, 0.25) is 0 Å². The van der Waals surface area contributed by atoms with Crippen molar-refractivity contribution in [3.63, 3.8) is 0 Å². The second kappa shape index (κ2) is 2.31. The summed E-state index contributed by atoms with van der Waals surface area (Å²) in [5.74, 6) is 0. The van der Waals surface area contributed by atoms with Gasteiger partial charge in [0.05, 0.1) is 5.69 Å². The van der Waals surface area contributed by atoms with Crippen molar-refractivity contribution in [2.45, 2.75) is 44.9 Å². The molecule has 0 spiro atoms. The SMILES string of the molecule is CC1(C)CC(C)(C)c2ncncc21. The summed E-state index contributed by atoms with van der Waals surface area (Å²) in [6.45, 7) is 9.05. The lowest BCUT2D eigenvalue weighted by Gasteiger charge is -2.21. The molecule has 1 heterocycles. The highest BCUT2D eigenvalue weighted by atomic mass is 14.9. The van der Waals surface area contributed by atoms with Crippen LogP contribution in [-0.4, -0.2) is 9.97 Å². The Labute approximate surface area is 79.4 Å². The second-order valence-electron chi connectivity index (χ2n) is 5.23. The van der Waals surface area contributed by atoms with Crippen molar-refractivity contribution < 1.29 is 0 Å². The molecule has 0 radical (unpaired) electrons. The summed E-state index contributed by atoms with van der Waals surface area (Å²) in [5, 5.41) is 0. The zero-order valence-electron chi connectivity index (χ0n) is 8.76. The van der Waals surface area contributed by atoms with Crippen LogP contribution in [0, 0.1) is 0 Å². The van der Waals surface area contributed by atoms with Crippen LogP contribution in [0.4, 0.5) is 0 Å². The standard InChI is InChI=1S/C11H16N2/c1-10(2)6-11(3,4)9-8(10)5-12-7-13-9/h5,7H,6H2,1-4H3. The lowest BCUT2D eigenvalue weighted by molar-refractivity contribution is 0.399. The van der Waals surface area contributed by atoms with Gasteiger partial charge in [-0.3, -0.25) is 0 Å². The second-order valence-corrected chi connectivity index (χ2v) is 5.23. The van der Waals surface area contributed by atoms with E-state index in [0.717, 1.165) is 6.42 Å². The number of hydrogen-bond acceptors (Lipinski definition) is 2. The quantitative estimate of drug-likeness (QED) is 0.606. The number of rotatable bonds is 0. The summed E-state index contributed by atoms with van der Waals surface area (Å²) >= 11 is 0. The summed E-state index contributed by atoms with van der Waals surface area (Å²) in [6.07, 6.45) is 4.78. The van der Waals surface area contributed by atoms with Gasteiger partial charge >= 0.3 is 0 Å². The van der Waals surface area contributed by atoms with Crippen LogP contribution in [0.1, 0.15) is 45.4 Å². The Balaban J connectivity index is 2.64. The van der Waals surface area contributed by atoms with Crippen molar-refractivity contribution in [3.8, 4) is 0 Å². The smallest absolute Gasteiger partial charge is 0.115 e. The highest BCUT2D eigenvalue weighted by Gasteiger charge is 2.43. The van der Waals surface area contributed by atoms with Crippen LogP contribution in [0.25, 0.3) is 0 Å². The van der Waals surface area contributed by atoms with Crippen molar-refractivity contribution >= 4 is 0 Å². The third-order valence-corrected chi connectivity index (χ3v) is 2.97. The Morgan fingerprint density at radius 2 is 1.85 bits per heavy atom. The van der Waals surface area contributed by atoms with Crippen molar-refractivity contribution in [1.29, 1.82) is 0 Å². The third-order valence-electron chi connectivity index (χ3n) is 2.97. The van der Waals surface area contributed by atoms with Crippen LogP contribution in [0.5, 0.6) is 0 Å². The zero-order valence-corrected chi connectivity index (χ0v) is 8.76. The van der Waals surface area contributed by atoms with E-state index in [1.807, 2.05) is 6.20 Å². The molecule has 0 saturated heterocycles. The number of hydrogen-bond donors (Lipinski definition) is 0. The highest BCUT2D eigenvalue weighted by Crippen LogP contribution is 2.47. The Hall–Kier alpha value is -0.920. The largest absolute Gasteiger partial charge is 0.244 e. The molecular weight excluding hydrogens is 160 g/mol. The molecule has 0 fully saturated rings. The molecular formula is C11H16N2. The summed E-state index contributed by atoms with van der Waals surface area (Å²) in [7, 11) is 0. The molecule has 1 aromatic heterocycles. The van der Waals surface area contributed by atoms with Gasteiger partial charge in [0.2, 0.25) is 0 Å². The number of nitrogens with zero attached hydrogens (tertiary/aromatic N) is 2. The van der Waals surface area contributed by atoms with Gasteiger partial charge in [-0.05, 0) is 17.4 Å². The monoisotopic (exact) mass is 176 g/mol. The molecule has 70 valence electrons. The van der Waals surface area contributed by atoms with Gasteiger partial charge in [-0.2, -0.15) is 0 Å². The number of fused-ring (bicyclic) bond motifs is 1. The molecule has 0 amide bonds. The molecule has 2 nitrogen and oxygen atoms in total. The Morgan fingerprint density at radius 3 is 2.46 bits per heavy atom. The summed E-state index contributed by atoms with van der Waals surface area (Å²) in [4.78, 5) is 8.50. The van der Waals surface area contributed by atoms with E-state index in [1.54, 1.807) is 6.33 Å². The molecule has 2 heteroatoms. The topological polar surface area (TPSA) is 25.8 Å². The third kappa shape index (κ3) is 1.16. The minimum absolute atomic E-state index is 0.210. The minimum atomic E-state index is 0.210. The van der Waals surface area contributed by atoms with Crippen molar-refractivity contribution in [2.24, 2.45) is 0 Å². The van der Waals surface area contributed by atoms with Gasteiger partial charge in [0, 0.05) is 11.6 Å². The lowest BCUT2D eigenvalue weighted by Crippen LogP contribution is -2.18. The van der Waals surface area contributed by atoms with Crippen LogP contribution < -0.4 is 0 Å².